The number of aliphatic hydroxyl groups excluding tert-OH is 1. The molecule has 17 unspecified atom stereocenters. The van der Waals surface area contributed by atoms with E-state index in [2.05, 4.69) is 62.8 Å². The van der Waals surface area contributed by atoms with E-state index in [-0.39, 0.29) is 17.1 Å². The second kappa shape index (κ2) is 17.7. The molecule has 5 saturated heterocycles. The van der Waals surface area contributed by atoms with Crippen molar-refractivity contribution in [2.24, 2.45) is 53.3 Å². The van der Waals surface area contributed by atoms with Crippen LogP contribution in [0.2, 0.25) is 0 Å². The molecule has 0 aromatic heterocycles. The Kier molecular flexibility index (Phi) is 13.6. The molecular formula is C40H73CuN8O. The van der Waals surface area contributed by atoms with Gasteiger partial charge in [0.15, 0.2) is 0 Å². The zero-order valence-electron chi connectivity index (χ0n) is 31.3. The Morgan fingerprint density at radius 1 is 0.500 bits per heavy atom. The third-order valence-corrected chi connectivity index (χ3v) is 15.4. The monoisotopic (exact) mass is 745 g/mol. The molecule has 8 bridgehead atoms. The van der Waals surface area contributed by atoms with E-state index in [1.807, 2.05) is 0 Å². The van der Waals surface area contributed by atoms with Crippen LogP contribution >= 0.6 is 0 Å². The summed E-state index contributed by atoms with van der Waals surface area (Å²) in [5.74, 6) is 6.30. The molecular weight excluding hydrogens is 672 g/mol. The SMILES string of the molecule is CCCCC(CC)CO.[CH-]1CCCC2C3NC(NC4NC(NC5NC(NC6NC(N3)C3CCCCC63)C3CCCCC53)C3CCCCC43)C12.[Cu+]. The van der Waals surface area contributed by atoms with E-state index in [1.54, 1.807) is 0 Å². The molecule has 9 N–H and O–H groups in total. The third-order valence-electron chi connectivity index (χ3n) is 15.4. The summed E-state index contributed by atoms with van der Waals surface area (Å²) in [6.45, 7) is 4.69. The van der Waals surface area contributed by atoms with Crippen molar-refractivity contribution in [3.8, 4) is 0 Å². The van der Waals surface area contributed by atoms with Crippen LogP contribution in [-0.4, -0.2) is 61.0 Å². The third kappa shape index (κ3) is 7.94. The molecule has 0 spiro atoms. The number of nitrogens with one attached hydrogen (secondary N) is 8. The van der Waals surface area contributed by atoms with Crippen molar-refractivity contribution in [2.75, 3.05) is 6.61 Å². The summed E-state index contributed by atoms with van der Waals surface area (Å²) in [7, 11) is 0. The molecule has 290 valence electrons. The molecule has 5 heterocycles. The molecule has 17 atom stereocenters. The quantitative estimate of drug-likeness (QED) is 0.147. The second-order valence-electron chi connectivity index (χ2n) is 18.0. The fourth-order valence-electron chi connectivity index (χ4n) is 12.7. The number of rotatable bonds is 5. The van der Waals surface area contributed by atoms with Crippen molar-refractivity contribution in [1.29, 1.82) is 0 Å². The van der Waals surface area contributed by atoms with E-state index in [1.165, 1.54) is 116 Å². The summed E-state index contributed by atoms with van der Waals surface area (Å²) in [4.78, 5) is 0. The predicted octanol–water partition coefficient (Wildman–Crippen LogP) is 4.61. The van der Waals surface area contributed by atoms with Gasteiger partial charge in [0.05, 0.1) is 43.2 Å². The molecule has 10 heteroatoms. The van der Waals surface area contributed by atoms with Gasteiger partial charge in [0, 0.05) is 12.8 Å². The van der Waals surface area contributed by atoms with Crippen LogP contribution in [0.25, 0.3) is 0 Å². The van der Waals surface area contributed by atoms with Crippen LogP contribution in [0.1, 0.15) is 136 Å². The maximum Gasteiger partial charge on any atom is 1.00 e. The van der Waals surface area contributed by atoms with Crippen LogP contribution in [-0.2, 0) is 17.1 Å². The molecule has 9 aliphatic rings. The molecule has 4 saturated carbocycles. The molecule has 50 heavy (non-hydrogen) atoms. The summed E-state index contributed by atoms with van der Waals surface area (Å²) in [6.07, 6.45) is 31.3. The minimum Gasteiger partial charge on any atom is -0.396 e. The van der Waals surface area contributed by atoms with Crippen molar-refractivity contribution in [1.82, 2.24) is 42.5 Å². The Bertz CT molecular complexity index is 845. The van der Waals surface area contributed by atoms with Gasteiger partial charge in [-0.05, 0) is 92.3 Å². The van der Waals surface area contributed by atoms with Gasteiger partial charge in [-0.3, -0.25) is 42.5 Å². The number of unbranched alkanes of at least 4 members (excludes halogenated alkanes) is 1. The topological polar surface area (TPSA) is 116 Å². The normalized spacial score (nSPS) is 48.5. The fraction of sp³-hybridized carbons (Fsp3) is 0.975. The average molecular weight is 746 g/mol. The van der Waals surface area contributed by atoms with Gasteiger partial charge in [0.1, 0.15) is 0 Å². The van der Waals surface area contributed by atoms with Gasteiger partial charge in [-0.15, -0.1) is 5.92 Å². The van der Waals surface area contributed by atoms with Gasteiger partial charge < -0.3 is 11.5 Å². The van der Waals surface area contributed by atoms with Gasteiger partial charge >= 0.3 is 17.1 Å². The molecule has 0 radical (unpaired) electrons. The van der Waals surface area contributed by atoms with Crippen molar-refractivity contribution < 1.29 is 22.2 Å². The van der Waals surface area contributed by atoms with E-state index in [4.69, 9.17) is 5.11 Å². The molecule has 0 aromatic carbocycles. The Hall–Kier alpha value is 0.159. The maximum absolute atomic E-state index is 8.75. The van der Waals surface area contributed by atoms with Crippen LogP contribution < -0.4 is 42.5 Å². The molecule has 0 aromatic rings. The fourth-order valence-corrected chi connectivity index (χ4v) is 12.7. The average Bonchev–Trinajstić information content (AvgIpc) is 3.88. The molecule has 5 aliphatic heterocycles. The molecule has 0 amide bonds. The first kappa shape index (κ1) is 38.4. The first-order chi connectivity index (χ1) is 24.1. The summed E-state index contributed by atoms with van der Waals surface area (Å²) in [6, 6.07) is 0. The van der Waals surface area contributed by atoms with Crippen LogP contribution in [0.3, 0.4) is 0 Å². The first-order valence-corrected chi connectivity index (χ1v) is 21.7. The van der Waals surface area contributed by atoms with Gasteiger partial charge in [-0.1, -0.05) is 84.5 Å². The standard InChI is InChI=1S/C32H55N8.C8H18O.Cu/c1-2-10-18-17(9-1)25-33-26(18)38-28-21-13-5-6-14-22(21)30(35-28)40-32-24-16-8-7-15-23(24)31(36-32)39-29-20-12-4-3-11-19(20)27(34-29)37-25;1-3-5-6-8(4-2)7-9;/h9,17-40H,1-8,10-16H2;8-9H,3-7H2,1-2H3;/q-1;;+1. The van der Waals surface area contributed by atoms with Crippen LogP contribution in [0.4, 0.5) is 0 Å². The predicted molar refractivity (Wildman–Crippen MR) is 197 cm³/mol. The van der Waals surface area contributed by atoms with Gasteiger partial charge in [0.2, 0.25) is 0 Å². The van der Waals surface area contributed by atoms with Crippen LogP contribution in [0, 0.1) is 59.7 Å². The largest absolute Gasteiger partial charge is 1.00 e. The number of hydrogen-bond acceptors (Lipinski definition) is 9. The van der Waals surface area contributed by atoms with Gasteiger partial charge in [-0.25, -0.2) is 0 Å². The zero-order valence-corrected chi connectivity index (χ0v) is 32.2. The van der Waals surface area contributed by atoms with E-state index in [0.717, 1.165) is 41.9 Å². The van der Waals surface area contributed by atoms with Gasteiger partial charge in [0.25, 0.3) is 0 Å². The second-order valence-corrected chi connectivity index (χ2v) is 18.0. The Balaban J connectivity index is 0.000000350. The van der Waals surface area contributed by atoms with Crippen LogP contribution in [0.15, 0.2) is 0 Å². The number of aliphatic hydroxyl groups is 1. The molecule has 9 nitrogen and oxygen atoms in total. The van der Waals surface area contributed by atoms with E-state index in [9.17, 15) is 0 Å². The van der Waals surface area contributed by atoms with Crippen molar-refractivity contribution in [2.45, 2.75) is 185 Å². The summed E-state index contributed by atoms with van der Waals surface area (Å²) >= 11 is 0. The smallest absolute Gasteiger partial charge is 0.396 e. The maximum atomic E-state index is 8.75. The van der Waals surface area contributed by atoms with E-state index >= 15 is 0 Å². The number of hydrogen-bond donors (Lipinski definition) is 9. The van der Waals surface area contributed by atoms with Crippen LogP contribution in [0.5, 0.6) is 0 Å². The van der Waals surface area contributed by atoms with Crippen molar-refractivity contribution in [3.63, 3.8) is 0 Å². The zero-order chi connectivity index (χ0) is 33.3. The Morgan fingerprint density at radius 3 is 1.18 bits per heavy atom. The van der Waals surface area contributed by atoms with E-state index in [0.29, 0.717) is 73.7 Å². The Labute approximate surface area is 315 Å². The molecule has 9 fully saturated rings. The summed E-state index contributed by atoms with van der Waals surface area (Å²) in [5, 5.41) is 42.4. The first-order valence-electron chi connectivity index (χ1n) is 21.7. The Morgan fingerprint density at radius 2 is 0.840 bits per heavy atom. The molecule has 4 aliphatic carbocycles. The minimum atomic E-state index is 0. The van der Waals surface area contributed by atoms with E-state index < -0.39 is 0 Å². The van der Waals surface area contributed by atoms with Gasteiger partial charge in [-0.2, -0.15) is 6.42 Å². The summed E-state index contributed by atoms with van der Waals surface area (Å²) in [5.41, 5.74) is 0. The van der Waals surface area contributed by atoms with Crippen molar-refractivity contribution in [3.05, 3.63) is 6.42 Å². The minimum absolute atomic E-state index is 0. The summed E-state index contributed by atoms with van der Waals surface area (Å²) < 4.78 is 0. The number of fused-ring (bicyclic) bond motifs is 20. The van der Waals surface area contributed by atoms with Crippen molar-refractivity contribution >= 4 is 0 Å². The molecule has 9 rings (SSSR count).